The maximum absolute atomic E-state index is 11.0. The molecule has 4 saturated carbocycles. The van der Waals surface area contributed by atoms with Crippen molar-refractivity contribution in [1.82, 2.24) is 14.5 Å². The first kappa shape index (κ1) is 21.1. The van der Waals surface area contributed by atoms with Crippen LogP contribution in [0.25, 0.3) is 22.5 Å². The highest BCUT2D eigenvalue weighted by Crippen LogP contribution is 2.56. The highest BCUT2D eigenvalue weighted by molar-refractivity contribution is 5.97. The molecule has 176 valence electrons. The Morgan fingerprint density at radius 3 is 2.58 bits per heavy atom. The van der Waals surface area contributed by atoms with Crippen LogP contribution in [0.3, 0.4) is 0 Å². The molecular weight excluding hydrogens is 420 g/mol. The van der Waals surface area contributed by atoms with Gasteiger partial charge in [0.05, 0.1) is 23.0 Å². The quantitative estimate of drug-likeness (QED) is 0.483. The van der Waals surface area contributed by atoms with E-state index in [-0.39, 0.29) is 0 Å². The Kier molecular flexibility index (Phi) is 5.19. The Hall–Kier alpha value is -2.42. The molecule has 0 amide bonds. The summed E-state index contributed by atoms with van der Waals surface area (Å²) in [6.07, 6.45) is 11.7. The summed E-state index contributed by atoms with van der Waals surface area (Å²) in [6.45, 7) is 5.00. The molecule has 3 aromatic heterocycles. The van der Waals surface area contributed by atoms with Gasteiger partial charge in [0.15, 0.2) is 0 Å². The lowest BCUT2D eigenvalue weighted by molar-refractivity contribution is -0.183. The van der Waals surface area contributed by atoms with Crippen molar-refractivity contribution in [1.29, 1.82) is 0 Å². The number of aliphatic hydroxyl groups is 1. The zero-order valence-electron chi connectivity index (χ0n) is 19.2. The lowest BCUT2D eigenvalue weighted by Gasteiger charge is -2.58. The molecule has 5 atom stereocenters. The summed E-state index contributed by atoms with van der Waals surface area (Å²) in [4.78, 5) is 9.17. The third kappa shape index (κ3) is 3.55. The second-order valence-electron chi connectivity index (χ2n) is 9.93. The predicted molar refractivity (Wildman–Crippen MR) is 123 cm³/mol. The topological polar surface area (TPSA) is 94.6 Å². The molecule has 4 bridgehead atoms. The van der Waals surface area contributed by atoms with Crippen LogP contribution in [-0.4, -0.2) is 44.5 Å². The van der Waals surface area contributed by atoms with Crippen molar-refractivity contribution in [2.75, 3.05) is 18.5 Å². The summed E-state index contributed by atoms with van der Waals surface area (Å²) in [7, 11) is 0. The number of nitrogens with zero attached hydrogens (tertiary/aromatic N) is 3. The molecule has 33 heavy (non-hydrogen) atoms. The van der Waals surface area contributed by atoms with Crippen molar-refractivity contribution in [3.8, 4) is 11.5 Å². The third-order valence-electron chi connectivity index (χ3n) is 7.80. The van der Waals surface area contributed by atoms with E-state index < -0.39 is 12.0 Å². The number of oxazole rings is 1. The summed E-state index contributed by atoms with van der Waals surface area (Å²) in [5, 5.41) is 15.9. The van der Waals surface area contributed by atoms with Crippen LogP contribution in [-0.2, 0) is 9.47 Å². The van der Waals surface area contributed by atoms with Gasteiger partial charge in [0.25, 0.3) is 0 Å². The minimum absolute atomic E-state index is 0.319. The molecule has 0 radical (unpaired) electrons. The van der Waals surface area contributed by atoms with Crippen molar-refractivity contribution in [2.45, 2.75) is 64.0 Å². The monoisotopic (exact) mass is 452 g/mol. The lowest BCUT2D eigenvalue weighted by atomic mass is 9.52. The van der Waals surface area contributed by atoms with Crippen LogP contribution in [0.15, 0.2) is 35.3 Å². The summed E-state index contributed by atoms with van der Waals surface area (Å²) in [5.41, 5.74) is 2.17. The number of pyridine rings is 1. The summed E-state index contributed by atoms with van der Waals surface area (Å²) in [5.74, 6) is 2.16. The van der Waals surface area contributed by atoms with Crippen molar-refractivity contribution in [2.24, 2.45) is 17.8 Å². The molecule has 0 saturated heterocycles. The first-order valence-electron chi connectivity index (χ1n) is 12.2. The smallest absolute Gasteiger partial charge is 0.245 e. The molecule has 0 aromatic carbocycles. The lowest BCUT2D eigenvalue weighted by Crippen LogP contribution is -2.59. The fourth-order valence-electron chi connectivity index (χ4n) is 6.83. The highest BCUT2D eigenvalue weighted by Gasteiger charge is 2.54. The van der Waals surface area contributed by atoms with E-state index in [4.69, 9.17) is 18.9 Å². The second-order valence-corrected chi connectivity index (χ2v) is 9.93. The molecule has 2 N–H and O–H groups in total. The van der Waals surface area contributed by atoms with E-state index in [0.717, 1.165) is 41.5 Å². The van der Waals surface area contributed by atoms with Gasteiger partial charge in [0.2, 0.25) is 12.3 Å². The van der Waals surface area contributed by atoms with Gasteiger partial charge < -0.3 is 24.3 Å². The molecule has 0 aliphatic heterocycles. The number of fused-ring (bicyclic) bond motifs is 1. The molecule has 4 aliphatic rings. The molecular formula is C25H32N4O4. The van der Waals surface area contributed by atoms with Crippen molar-refractivity contribution in [3.63, 3.8) is 0 Å². The SMILES string of the molecule is CCOC(OCC)n1ccc2c(NC3[C@@H]4CC5C[C@H]3CC(O)(C5)C4)c(-c3ncco3)cnc21. The number of hydrogen-bond acceptors (Lipinski definition) is 7. The Bertz CT molecular complexity index is 1110. The number of ether oxygens (including phenoxy) is 2. The van der Waals surface area contributed by atoms with E-state index >= 15 is 0 Å². The minimum atomic E-state index is -0.527. The molecule has 3 heterocycles. The normalized spacial score (nSPS) is 30.5. The van der Waals surface area contributed by atoms with Gasteiger partial charge in [-0.25, -0.2) is 9.97 Å². The molecule has 3 aromatic rings. The average Bonchev–Trinajstić information content (AvgIpc) is 3.45. The second kappa shape index (κ2) is 8.11. The van der Waals surface area contributed by atoms with Crippen molar-refractivity contribution >= 4 is 16.7 Å². The van der Waals surface area contributed by atoms with Gasteiger partial charge in [0.1, 0.15) is 11.9 Å². The van der Waals surface area contributed by atoms with Crippen LogP contribution in [0.2, 0.25) is 0 Å². The number of aromatic nitrogens is 3. The highest BCUT2D eigenvalue weighted by atomic mass is 16.7. The van der Waals surface area contributed by atoms with Gasteiger partial charge in [0, 0.05) is 37.0 Å². The predicted octanol–water partition coefficient (Wildman–Crippen LogP) is 4.57. The zero-order chi connectivity index (χ0) is 22.6. The van der Waals surface area contributed by atoms with Crippen molar-refractivity contribution in [3.05, 3.63) is 30.9 Å². The third-order valence-corrected chi connectivity index (χ3v) is 7.80. The van der Waals surface area contributed by atoms with E-state index in [1.54, 1.807) is 12.5 Å². The zero-order valence-corrected chi connectivity index (χ0v) is 19.2. The summed E-state index contributed by atoms with van der Waals surface area (Å²) >= 11 is 0. The van der Waals surface area contributed by atoms with Gasteiger partial charge in [-0.1, -0.05) is 0 Å². The van der Waals surface area contributed by atoms with E-state index in [9.17, 15) is 5.11 Å². The molecule has 3 unspecified atom stereocenters. The van der Waals surface area contributed by atoms with Gasteiger partial charge in [-0.2, -0.15) is 0 Å². The number of anilines is 1. The number of hydrogen-bond donors (Lipinski definition) is 2. The molecule has 8 nitrogen and oxygen atoms in total. The molecule has 4 aliphatic carbocycles. The van der Waals surface area contributed by atoms with Gasteiger partial charge in [-0.15, -0.1) is 0 Å². The van der Waals surface area contributed by atoms with Crippen LogP contribution in [0.5, 0.6) is 0 Å². The molecule has 7 rings (SSSR count). The van der Waals surface area contributed by atoms with Gasteiger partial charge in [-0.3, -0.25) is 4.57 Å². The van der Waals surface area contributed by atoms with Crippen molar-refractivity contribution < 1.29 is 19.0 Å². The Morgan fingerprint density at radius 2 is 1.94 bits per heavy atom. The maximum Gasteiger partial charge on any atom is 0.245 e. The van der Waals surface area contributed by atoms with Crippen LogP contribution in [0.1, 0.15) is 52.4 Å². The summed E-state index contributed by atoms with van der Waals surface area (Å²) in [6, 6.07) is 2.38. The Balaban J connectivity index is 1.42. The molecule has 0 spiro atoms. The first-order valence-corrected chi connectivity index (χ1v) is 12.2. The largest absolute Gasteiger partial charge is 0.444 e. The van der Waals surface area contributed by atoms with Crippen LogP contribution in [0.4, 0.5) is 5.69 Å². The average molecular weight is 453 g/mol. The minimum Gasteiger partial charge on any atom is -0.444 e. The Morgan fingerprint density at radius 1 is 1.18 bits per heavy atom. The number of rotatable bonds is 8. The maximum atomic E-state index is 11.0. The van der Waals surface area contributed by atoms with E-state index in [1.165, 1.54) is 12.8 Å². The fraction of sp³-hybridized carbons (Fsp3) is 0.600. The number of nitrogens with one attached hydrogen (secondary N) is 1. The van der Waals surface area contributed by atoms with Crippen LogP contribution >= 0.6 is 0 Å². The fourth-order valence-corrected chi connectivity index (χ4v) is 6.83. The van der Waals surface area contributed by atoms with E-state index in [0.29, 0.717) is 42.9 Å². The molecule has 4 fully saturated rings. The standard InChI is InChI=1S/C25H32N4O4/c1-3-31-24(32-4-2)29-7-5-18-21(19(14-27-22(18)29)23-26-6-8-33-23)28-20-16-9-15-10-17(20)13-25(30,11-15)12-16/h5-8,14-17,20,24,30H,3-4,9-13H2,1-2H3,(H,27,28)/t15?,16-,17+,20?,25?. The van der Waals surface area contributed by atoms with Gasteiger partial charge in [-0.05, 0) is 69.8 Å². The van der Waals surface area contributed by atoms with Crippen LogP contribution in [0, 0.1) is 17.8 Å². The van der Waals surface area contributed by atoms with E-state index in [2.05, 4.69) is 16.4 Å². The summed E-state index contributed by atoms with van der Waals surface area (Å²) < 4.78 is 19.3. The van der Waals surface area contributed by atoms with E-state index in [1.807, 2.05) is 30.8 Å². The Labute approximate surface area is 193 Å². The first-order chi connectivity index (χ1) is 16.1. The van der Waals surface area contributed by atoms with Gasteiger partial charge >= 0.3 is 0 Å². The van der Waals surface area contributed by atoms with Crippen LogP contribution < -0.4 is 5.32 Å². The molecule has 8 heteroatoms.